The highest BCUT2D eigenvalue weighted by atomic mass is 16.5. The van der Waals surface area contributed by atoms with Gasteiger partial charge in [-0.2, -0.15) is 0 Å². The summed E-state index contributed by atoms with van der Waals surface area (Å²) in [5.41, 5.74) is 1.57. The molecule has 0 radical (unpaired) electrons. The fourth-order valence-corrected chi connectivity index (χ4v) is 3.65. The Labute approximate surface area is 133 Å². The van der Waals surface area contributed by atoms with Gasteiger partial charge in [-0.15, -0.1) is 0 Å². The van der Waals surface area contributed by atoms with Crippen molar-refractivity contribution in [3.05, 3.63) is 30.1 Å². The van der Waals surface area contributed by atoms with Crippen molar-refractivity contribution in [2.75, 3.05) is 59.7 Å². The third-order valence-corrected chi connectivity index (χ3v) is 4.78. The predicted octanol–water partition coefficient (Wildman–Crippen LogP) is 1.25. The third kappa shape index (κ3) is 4.04. The summed E-state index contributed by atoms with van der Waals surface area (Å²) in [5, 5.41) is 0. The van der Waals surface area contributed by atoms with Gasteiger partial charge in [-0.3, -0.25) is 9.88 Å². The number of nitrogens with zero attached hydrogens (tertiary/aromatic N) is 3. The van der Waals surface area contributed by atoms with Crippen LogP contribution in [0.1, 0.15) is 12.0 Å². The highest BCUT2D eigenvalue weighted by Crippen LogP contribution is 2.33. The van der Waals surface area contributed by atoms with Crippen molar-refractivity contribution in [1.29, 1.82) is 0 Å². The second-order valence-electron chi connectivity index (χ2n) is 6.64. The first-order chi connectivity index (χ1) is 10.8. The number of likely N-dealkylation sites (tertiary alicyclic amines) is 1. The summed E-state index contributed by atoms with van der Waals surface area (Å²) < 4.78 is 11.2. The number of methoxy groups -OCH3 is 1. The molecule has 2 fully saturated rings. The van der Waals surface area contributed by atoms with Gasteiger partial charge < -0.3 is 14.4 Å². The van der Waals surface area contributed by atoms with Gasteiger partial charge in [-0.1, -0.05) is 6.07 Å². The van der Waals surface area contributed by atoms with E-state index in [0.29, 0.717) is 0 Å². The van der Waals surface area contributed by atoms with Crippen molar-refractivity contribution >= 4 is 0 Å². The lowest BCUT2D eigenvalue weighted by atomic mass is 9.87. The smallest absolute Gasteiger partial charge is 0.0593 e. The molecule has 0 aromatic carbocycles. The Balaban J connectivity index is 1.60. The Morgan fingerprint density at radius 1 is 1.32 bits per heavy atom. The first kappa shape index (κ1) is 15.9. The fourth-order valence-electron chi connectivity index (χ4n) is 3.65. The van der Waals surface area contributed by atoms with E-state index in [1.807, 2.05) is 18.5 Å². The van der Waals surface area contributed by atoms with Gasteiger partial charge in [0, 0.05) is 57.6 Å². The Morgan fingerprint density at radius 2 is 2.23 bits per heavy atom. The number of hydrogen-bond acceptors (Lipinski definition) is 5. The lowest BCUT2D eigenvalue weighted by Gasteiger charge is -2.32. The van der Waals surface area contributed by atoms with E-state index in [9.17, 15) is 0 Å². The van der Waals surface area contributed by atoms with Gasteiger partial charge in [0.05, 0.1) is 19.8 Å². The number of hydrogen-bond donors (Lipinski definition) is 0. The molecular weight excluding hydrogens is 278 g/mol. The zero-order valence-corrected chi connectivity index (χ0v) is 13.5. The molecule has 0 N–H and O–H groups in total. The van der Waals surface area contributed by atoms with E-state index in [1.165, 1.54) is 12.0 Å². The quantitative estimate of drug-likeness (QED) is 0.818. The molecule has 122 valence electrons. The van der Waals surface area contributed by atoms with Gasteiger partial charge in [0.1, 0.15) is 0 Å². The first-order valence-electron chi connectivity index (χ1n) is 8.20. The second kappa shape index (κ2) is 7.51. The molecule has 2 saturated heterocycles. The molecule has 0 amide bonds. The Hall–Kier alpha value is -1.01. The highest BCUT2D eigenvalue weighted by molar-refractivity contribution is 5.08. The van der Waals surface area contributed by atoms with Crippen LogP contribution in [0.25, 0.3) is 0 Å². The number of rotatable bonds is 5. The number of ether oxygens (including phenoxy) is 2. The van der Waals surface area contributed by atoms with E-state index in [2.05, 4.69) is 20.9 Å². The lowest BCUT2D eigenvalue weighted by molar-refractivity contribution is 0.0682. The summed E-state index contributed by atoms with van der Waals surface area (Å²) in [5.74, 6) is 0. The van der Waals surface area contributed by atoms with Gasteiger partial charge in [-0.25, -0.2) is 0 Å². The van der Waals surface area contributed by atoms with E-state index < -0.39 is 0 Å². The molecule has 1 aromatic heterocycles. The largest absolute Gasteiger partial charge is 0.383 e. The molecule has 1 atom stereocenters. The highest BCUT2D eigenvalue weighted by Gasteiger charge is 2.40. The molecule has 1 unspecified atom stereocenters. The summed E-state index contributed by atoms with van der Waals surface area (Å²) in [6.07, 6.45) is 5.03. The SMILES string of the molecule is COCCN1CCC2(COCCN(Cc3cccnc3)C2)C1. The van der Waals surface area contributed by atoms with Crippen LogP contribution in [-0.4, -0.2) is 74.4 Å². The number of aromatic nitrogens is 1. The van der Waals surface area contributed by atoms with Crippen molar-refractivity contribution in [2.45, 2.75) is 13.0 Å². The van der Waals surface area contributed by atoms with Crippen LogP contribution in [0.15, 0.2) is 24.5 Å². The maximum atomic E-state index is 5.94. The maximum Gasteiger partial charge on any atom is 0.0593 e. The van der Waals surface area contributed by atoms with Crippen LogP contribution in [0.5, 0.6) is 0 Å². The van der Waals surface area contributed by atoms with E-state index in [1.54, 1.807) is 7.11 Å². The van der Waals surface area contributed by atoms with E-state index in [4.69, 9.17) is 9.47 Å². The van der Waals surface area contributed by atoms with Gasteiger partial charge in [0.15, 0.2) is 0 Å². The van der Waals surface area contributed by atoms with Crippen LogP contribution in [0, 0.1) is 5.41 Å². The van der Waals surface area contributed by atoms with Gasteiger partial charge in [0.2, 0.25) is 0 Å². The van der Waals surface area contributed by atoms with Crippen LogP contribution in [0.3, 0.4) is 0 Å². The Morgan fingerprint density at radius 3 is 3.05 bits per heavy atom. The standard InChI is InChI=1S/C17H27N3O2/c1-21-9-7-19-6-4-17(13-19)14-20(8-10-22-15-17)12-16-3-2-5-18-11-16/h2-3,5,11H,4,6-10,12-15H2,1H3. The molecule has 1 spiro atoms. The minimum absolute atomic E-state index is 0.284. The van der Waals surface area contributed by atoms with Crippen molar-refractivity contribution in [2.24, 2.45) is 5.41 Å². The molecule has 1 aromatic rings. The molecule has 5 heteroatoms. The van der Waals surface area contributed by atoms with Gasteiger partial charge in [-0.05, 0) is 24.6 Å². The summed E-state index contributed by atoms with van der Waals surface area (Å²) in [7, 11) is 1.77. The molecule has 3 heterocycles. The fraction of sp³-hybridized carbons (Fsp3) is 0.706. The van der Waals surface area contributed by atoms with Crippen LogP contribution in [0.2, 0.25) is 0 Å². The Bertz CT molecular complexity index is 456. The molecule has 0 bridgehead atoms. The van der Waals surface area contributed by atoms with Crippen LogP contribution in [0.4, 0.5) is 0 Å². The summed E-state index contributed by atoms with van der Waals surface area (Å²) in [6.45, 7) is 8.95. The van der Waals surface area contributed by atoms with Crippen LogP contribution < -0.4 is 0 Å². The average Bonchev–Trinajstić information content (AvgIpc) is 2.82. The van der Waals surface area contributed by atoms with Crippen molar-refractivity contribution in [3.8, 4) is 0 Å². The summed E-state index contributed by atoms with van der Waals surface area (Å²) in [4.78, 5) is 9.27. The molecule has 0 saturated carbocycles. The second-order valence-corrected chi connectivity index (χ2v) is 6.64. The topological polar surface area (TPSA) is 37.8 Å². The zero-order chi connectivity index (χ0) is 15.3. The molecule has 2 aliphatic heterocycles. The lowest BCUT2D eigenvalue weighted by Crippen LogP contribution is -2.40. The molecule has 3 rings (SSSR count). The Kier molecular flexibility index (Phi) is 5.41. The normalized spacial score (nSPS) is 27.3. The maximum absolute atomic E-state index is 5.94. The minimum Gasteiger partial charge on any atom is -0.383 e. The van der Waals surface area contributed by atoms with E-state index in [0.717, 1.165) is 59.1 Å². The number of pyridine rings is 1. The minimum atomic E-state index is 0.284. The van der Waals surface area contributed by atoms with E-state index >= 15 is 0 Å². The van der Waals surface area contributed by atoms with E-state index in [-0.39, 0.29) is 5.41 Å². The summed E-state index contributed by atoms with van der Waals surface area (Å²) >= 11 is 0. The third-order valence-electron chi connectivity index (χ3n) is 4.78. The van der Waals surface area contributed by atoms with Gasteiger partial charge in [0.25, 0.3) is 0 Å². The molecule has 5 nitrogen and oxygen atoms in total. The predicted molar refractivity (Wildman–Crippen MR) is 85.7 cm³/mol. The zero-order valence-electron chi connectivity index (χ0n) is 13.5. The summed E-state index contributed by atoms with van der Waals surface area (Å²) in [6, 6.07) is 4.17. The molecule has 22 heavy (non-hydrogen) atoms. The molecule has 2 aliphatic rings. The average molecular weight is 305 g/mol. The van der Waals surface area contributed by atoms with Crippen molar-refractivity contribution in [3.63, 3.8) is 0 Å². The first-order valence-corrected chi connectivity index (χ1v) is 8.20. The van der Waals surface area contributed by atoms with Gasteiger partial charge >= 0.3 is 0 Å². The molecular formula is C17H27N3O2. The van der Waals surface area contributed by atoms with Crippen molar-refractivity contribution < 1.29 is 9.47 Å². The van der Waals surface area contributed by atoms with Crippen molar-refractivity contribution in [1.82, 2.24) is 14.8 Å². The molecule has 0 aliphatic carbocycles. The van der Waals surface area contributed by atoms with Crippen LogP contribution >= 0.6 is 0 Å². The monoisotopic (exact) mass is 305 g/mol. The van der Waals surface area contributed by atoms with Crippen LogP contribution in [-0.2, 0) is 16.0 Å².